The number of aliphatic hydroxyl groups excluding tert-OH is 1. The number of aliphatic hydroxyl groups is 1. The number of imide groups is 1. The molecule has 0 spiro atoms. The highest BCUT2D eigenvalue weighted by atomic mass is 16.7. The van der Waals surface area contributed by atoms with Crippen LogP contribution in [0.25, 0.3) is 0 Å². The molecule has 0 unspecified atom stereocenters. The van der Waals surface area contributed by atoms with Gasteiger partial charge in [-0.05, 0) is 12.1 Å². The molecule has 0 saturated heterocycles. The molecule has 0 aliphatic carbocycles. The standard InChI is InChI=1S/C18H17NO6.C10H14O4/c1-22-11-8-15(23-2)14(16(9-11)24-3)10-25-19-17(20)12-6-4-5-7-13(12)18(19)21;1-12-7-4-9(13-2)8(6-11)10(5-7)14-3/h4-9H,10H2,1-3H3;4-5,11H,6H2,1-3H3. The van der Waals surface area contributed by atoms with E-state index in [9.17, 15) is 9.59 Å². The largest absolute Gasteiger partial charge is 0.496 e. The first-order chi connectivity index (χ1) is 18.9. The summed E-state index contributed by atoms with van der Waals surface area (Å²) in [4.78, 5) is 30.2. The molecule has 0 saturated carbocycles. The van der Waals surface area contributed by atoms with E-state index in [1.807, 2.05) is 0 Å². The van der Waals surface area contributed by atoms with Crippen molar-refractivity contribution >= 4 is 11.8 Å². The highest BCUT2D eigenvalue weighted by Crippen LogP contribution is 2.36. The highest BCUT2D eigenvalue weighted by molar-refractivity contribution is 6.20. The van der Waals surface area contributed by atoms with Gasteiger partial charge in [0.25, 0.3) is 11.8 Å². The van der Waals surface area contributed by atoms with E-state index in [0.29, 0.717) is 56.8 Å². The first-order valence-electron chi connectivity index (χ1n) is 11.7. The molecular weight excluding hydrogens is 510 g/mol. The summed E-state index contributed by atoms with van der Waals surface area (Å²) in [7, 11) is 9.16. The van der Waals surface area contributed by atoms with Gasteiger partial charge in [0.15, 0.2) is 0 Å². The number of hydrogen-bond acceptors (Lipinski definition) is 10. The third kappa shape index (κ3) is 6.16. The molecule has 208 valence electrons. The lowest BCUT2D eigenvalue weighted by Crippen LogP contribution is -2.29. The summed E-state index contributed by atoms with van der Waals surface area (Å²) >= 11 is 0. The zero-order valence-corrected chi connectivity index (χ0v) is 22.6. The molecule has 1 heterocycles. The van der Waals surface area contributed by atoms with Crippen molar-refractivity contribution in [1.82, 2.24) is 5.06 Å². The zero-order valence-electron chi connectivity index (χ0n) is 22.6. The number of hydrogen-bond donors (Lipinski definition) is 1. The molecule has 3 aromatic rings. The van der Waals surface area contributed by atoms with Crippen LogP contribution < -0.4 is 28.4 Å². The Kier molecular flexibility index (Phi) is 9.96. The summed E-state index contributed by atoms with van der Waals surface area (Å²) in [5, 5.41) is 9.88. The Labute approximate surface area is 226 Å². The van der Waals surface area contributed by atoms with E-state index in [2.05, 4.69) is 0 Å². The average molecular weight is 542 g/mol. The van der Waals surface area contributed by atoms with E-state index in [0.717, 1.165) is 5.06 Å². The monoisotopic (exact) mass is 541 g/mol. The molecule has 0 fully saturated rings. The second-order valence-electron chi connectivity index (χ2n) is 7.90. The number of fused-ring (bicyclic) bond motifs is 1. The molecular formula is C28H31NO10. The van der Waals surface area contributed by atoms with Crippen LogP contribution in [0.15, 0.2) is 48.5 Å². The Morgan fingerprint density at radius 1 is 0.615 bits per heavy atom. The van der Waals surface area contributed by atoms with Crippen LogP contribution in [-0.2, 0) is 18.1 Å². The molecule has 3 aromatic carbocycles. The van der Waals surface area contributed by atoms with E-state index < -0.39 is 11.8 Å². The number of benzene rings is 3. The van der Waals surface area contributed by atoms with Crippen molar-refractivity contribution in [3.8, 4) is 34.5 Å². The fourth-order valence-electron chi connectivity index (χ4n) is 3.87. The van der Waals surface area contributed by atoms with Gasteiger partial charge in [0.2, 0.25) is 0 Å². The van der Waals surface area contributed by atoms with Gasteiger partial charge in [0, 0.05) is 24.3 Å². The van der Waals surface area contributed by atoms with E-state index in [1.165, 1.54) is 35.5 Å². The molecule has 2 amide bonds. The first kappa shape index (κ1) is 29.1. The Morgan fingerprint density at radius 2 is 1.00 bits per heavy atom. The molecule has 1 aliphatic heterocycles. The fourth-order valence-corrected chi connectivity index (χ4v) is 3.87. The third-order valence-corrected chi connectivity index (χ3v) is 5.89. The molecule has 4 rings (SSSR count). The highest BCUT2D eigenvalue weighted by Gasteiger charge is 2.36. The smallest absolute Gasteiger partial charge is 0.285 e. The van der Waals surface area contributed by atoms with Gasteiger partial charge in [-0.3, -0.25) is 14.4 Å². The molecule has 39 heavy (non-hydrogen) atoms. The number of carbonyl (C=O) groups excluding carboxylic acids is 2. The van der Waals surface area contributed by atoms with Crippen LogP contribution in [0.1, 0.15) is 31.8 Å². The molecule has 1 aliphatic rings. The van der Waals surface area contributed by atoms with Gasteiger partial charge in [0.05, 0.1) is 71.5 Å². The van der Waals surface area contributed by atoms with Crippen LogP contribution in [0.4, 0.5) is 0 Å². The topological polar surface area (TPSA) is 122 Å². The predicted molar refractivity (Wildman–Crippen MR) is 140 cm³/mol. The summed E-state index contributed by atoms with van der Waals surface area (Å²) in [5.74, 6) is 2.25. The van der Waals surface area contributed by atoms with Crippen LogP contribution in [0.2, 0.25) is 0 Å². The number of ether oxygens (including phenoxy) is 6. The maximum absolute atomic E-state index is 12.3. The summed E-state index contributed by atoms with van der Waals surface area (Å²) in [6, 6.07) is 13.3. The summed E-state index contributed by atoms with van der Waals surface area (Å²) in [6.07, 6.45) is 0. The quantitative estimate of drug-likeness (QED) is 0.381. The number of carbonyl (C=O) groups is 2. The van der Waals surface area contributed by atoms with Crippen molar-refractivity contribution in [1.29, 1.82) is 0 Å². The number of hydroxylamine groups is 2. The SMILES string of the molecule is COc1cc(OC)c(CO)c(OC)c1.COc1cc(OC)c(CON2C(=O)c3ccccc3C2=O)c(OC)c1. The van der Waals surface area contributed by atoms with Gasteiger partial charge in [-0.25, -0.2) is 0 Å². The lowest BCUT2D eigenvalue weighted by molar-refractivity contribution is -0.101. The molecule has 0 aromatic heterocycles. The Bertz CT molecular complexity index is 1240. The van der Waals surface area contributed by atoms with E-state index in [1.54, 1.807) is 55.6 Å². The molecule has 0 radical (unpaired) electrons. The average Bonchev–Trinajstić information content (AvgIpc) is 3.23. The van der Waals surface area contributed by atoms with Gasteiger partial charge in [-0.15, -0.1) is 5.06 Å². The van der Waals surface area contributed by atoms with Gasteiger partial charge in [-0.1, -0.05) is 12.1 Å². The van der Waals surface area contributed by atoms with Crippen LogP contribution in [0.5, 0.6) is 34.5 Å². The minimum absolute atomic E-state index is 0.0815. The second kappa shape index (κ2) is 13.4. The summed E-state index contributed by atoms with van der Waals surface area (Å²) in [5.41, 5.74) is 1.82. The summed E-state index contributed by atoms with van der Waals surface area (Å²) < 4.78 is 31.1. The minimum Gasteiger partial charge on any atom is -0.496 e. The van der Waals surface area contributed by atoms with Crippen molar-refractivity contribution < 1.29 is 48.0 Å². The molecule has 1 N–H and O–H groups in total. The normalized spacial score (nSPS) is 11.8. The van der Waals surface area contributed by atoms with Gasteiger partial charge >= 0.3 is 0 Å². The van der Waals surface area contributed by atoms with E-state index in [4.69, 9.17) is 38.4 Å². The Morgan fingerprint density at radius 3 is 1.33 bits per heavy atom. The lowest BCUT2D eigenvalue weighted by Gasteiger charge is -2.18. The van der Waals surface area contributed by atoms with Crippen molar-refractivity contribution in [2.75, 3.05) is 42.7 Å². The van der Waals surface area contributed by atoms with Crippen LogP contribution in [0, 0.1) is 0 Å². The van der Waals surface area contributed by atoms with Gasteiger partial charge < -0.3 is 33.5 Å². The van der Waals surface area contributed by atoms with E-state index in [-0.39, 0.29) is 13.2 Å². The van der Waals surface area contributed by atoms with Crippen LogP contribution >= 0.6 is 0 Å². The molecule has 0 bridgehead atoms. The molecule has 11 nitrogen and oxygen atoms in total. The van der Waals surface area contributed by atoms with Crippen molar-refractivity contribution in [2.24, 2.45) is 0 Å². The number of nitrogens with zero attached hydrogens (tertiary/aromatic N) is 1. The van der Waals surface area contributed by atoms with Gasteiger partial charge in [-0.2, -0.15) is 0 Å². The first-order valence-corrected chi connectivity index (χ1v) is 11.7. The number of methoxy groups -OCH3 is 6. The van der Waals surface area contributed by atoms with Crippen molar-refractivity contribution in [3.63, 3.8) is 0 Å². The molecule has 0 atom stereocenters. The fraction of sp³-hybridized carbons (Fsp3) is 0.286. The Hall–Kier alpha value is -4.48. The summed E-state index contributed by atoms with van der Waals surface area (Å²) in [6.45, 7) is -0.210. The van der Waals surface area contributed by atoms with E-state index >= 15 is 0 Å². The number of amides is 2. The maximum Gasteiger partial charge on any atom is 0.285 e. The second-order valence-corrected chi connectivity index (χ2v) is 7.90. The minimum atomic E-state index is -0.493. The zero-order chi connectivity index (χ0) is 28.5. The van der Waals surface area contributed by atoms with Crippen molar-refractivity contribution in [3.05, 3.63) is 70.8 Å². The molecule has 11 heteroatoms. The van der Waals surface area contributed by atoms with Crippen LogP contribution in [-0.4, -0.2) is 64.6 Å². The van der Waals surface area contributed by atoms with Crippen LogP contribution in [0.3, 0.4) is 0 Å². The third-order valence-electron chi connectivity index (χ3n) is 5.89. The van der Waals surface area contributed by atoms with Gasteiger partial charge in [0.1, 0.15) is 41.1 Å². The van der Waals surface area contributed by atoms with Crippen molar-refractivity contribution in [2.45, 2.75) is 13.2 Å². The number of rotatable bonds is 10. The predicted octanol–water partition coefficient (Wildman–Crippen LogP) is 3.64. The maximum atomic E-state index is 12.3. The lowest BCUT2D eigenvalue weighted by atomic mass is 10.1. The Balaban J connectivity index is 0.000000255.